The van der Waals surface area contributed by atoms with Gasteiger partial charge < -0.3 is 105 Å². The molecule has 0 amide bonds. The molecule has 90 heavy (non-hydrogen) atoms. The summed E-state index contributed by atoms with van der Waals surface area (Å²) in [6.45, 7) is 2.08. The van der Waals surface area contributed by atoms with Crippen LogP contribution in [0.1, 0.15) is 251 Å². The number of rotatable bonds is 52. The second kappa shape index (κ2) is 46.3. The Morgan fingerprint density at radius 3 is 1.20 bits per heavy atom. The first-order chi connectivity index (χ1) is 42.9. The van der Waals surface area contributed by atoms with Crippen molar-refractivity contribution in [2.45, 2.75) is 374 Å². The molecule has 0 radical (unpaired) electrons. The molecule has 3 aliphatic rings. The van der Waals surface area contributed by atoms with E-state index in [0.29, 0.717) is 12.8 Å². The van der Waals surface area contributed by atoms with E-state index < -0.39 is 157 Å². The predicted octanol–water partition coefficient (Wildman–Crippen LogP) is 4.15. The summed E-state index contributed by atoms with van der Waals surface area (Å²) >= 11 is 0. The van der Waals surface area contributed by atoms with Crippen LogP contribution in [0, 0.1) is 0 Å². The molecule has 6 unspecified atom stereocenters. The van der Waals surface area contributed by atoms with Gasteiger partial charge in [0.1, 0.15) is 110 Å². The molecule has 3 fully saturated rings. The Kier molecular flexibility index (Phi) is 42.8. The summed E-state index contributed by atoms with van der Waals surface area (Å²) in [6.07, 6.45) is -1.57. The Balaban J connectivity index is 1.58. The van der Waals surface area contributed by atoms with E-state index in [-0.39, 0.29) is 12.8 Å². The number of aliphatic hydroxyl groups excluding tert-OH is 14. The number of nitrogens with zero attached hydrogens (tertiary/aromatic N) is 1. The average molecular weight is 1340 g/mol. The van der Waals surface area contributed by atoms with Crippen LogP contribution in [0.15, 0.2) is 4.99 Å². The maximum absolute atomic E-state index is 13.7. The van der Waals surface area contributed by atoms with E-state index in [1.165, 1.54) is 148 Å². The number of hydrogen-bond donors (Lipinski definition) is 15. The molecular weight excluding hydrogens is 1220 g/mol. The normalized spacial score (nSPS) is 31.7. The summed E-state index contributed by atoms with van der Waals surface area (Å²) in [6, 6.07) is -1.68. The van der Waals surface area contributed by atoms with Crippen molar-refractivity contribution < 1.29 is 123 Å². The van der Waals surface area contributed by atoms with Gasteiger partial charge in [0.2, 0.25) is 0 Å². The molecule has 2 saturated carbocycles. The van der Waals surface area contributed by atoms with Gasteiger partial charge in [0.15, 0.2) is 6.29 Å². The van der Waals surface area contributed by atoms with Crippen LogP contribution in [-0.2, 0) is 36.7 Å². The molecule has 22 atom stereocenters. The molecule has 3 rings (SSSR count). The van der Waals surface area contributed by atoms with E-state index in [1.54, 1.807) is 0 Å². The molecule has 0 aromatic carbocycles. The highest BCUT2D eigenvalue weighted by atomic mass is 31.2. The zero-order chi connectivity index (χ0) is 66.7. The SMILES string of the molecule is CCCCCCCCCCCCCCCCCCCCCCCCCC([O-])=N[C@@H](COP(=O)([O-])O[C@@H]1[C@H](O)[C@H](O)[C@@H](O)[C@H](O)[C@H]1OC1O[C@H](COP(=O)(O)OC2[C@H](O)[C@H](O)C(O)[C@H](O)[C@H]2O)[C@@H](O)[C@H](O)[C@@H]1O)[C@H](O)C(O)CCCCCCCCCCCCCC. The average Bonchev–Trinajstić information content (AvgIpc) is 0.880. The van der Waals surface area contributed by atoms with Crippen molar-refractivity contribution in [1.82, 2.24) is 0 Å². The van der Waals surface area contributed by atoms with Crippen molar-refractivity contribution in [2.24, 2.45) is 4.99 Å². The van der Waals surface area contributed by atoms with Crippen molar-refractivity contribution >= 4 is 21.5 Å². The van der Waals surface area contributed by atoms with Gasteiger partial charge in [-0.2, -0.15) is 0 Å². The van der Waals surface area contributed by atoms with Gasteiger partial charge in [-0.1, -0.05) is 232 Å². The van der Waals surface area contributed by atoms with Crippen molar-refractivity contribution in [1.29, 1.82) is 0 Å². The number of hydrogen-bond acceptors (Lipinski definition) is 25. The maximum Gasteiger partial charge on any atom is 0.472 e. The quantitative estimate of drug-likeness (QED) is 0.0176. The van der Waals surface area contributed by atoms with Crippen molar-refractivity contribution in [2.75, 3.05) is 13.2 Å². The van der Waals surface area contributed by atoms with Gasteiger partial charge in [-0.3, -0.25) is 18.6 Å². The van der Waals surface area contributed by atoms with Gasteiger partial charge in [-0.05, 0) is 25.2 Å². The number of aliphatic imine (C=N–C) groups is 1. The van der Waals surface area contributed by atoms with E-state index in [9.17, 15) is 95.5 Å². The van der Waals surface area contributed by atoms with E-state index in [1.807, 2.05) is 0 Å². The molecule has 0 aromatic rings. The Bertz CT molecular complexity index is 1940. The largest absolute Gasteiger partial charge is 0.862 e. The van der Waals surface area contributed by atoms with Crippen LogP contribution in [0.4, 0.5) is 0 Å². The van der Waals surface area contributed by atoms with Gasteiger partial charge >= 0.3 is 7.82 Å². The summed E-state index contributed by atoms with van der Waals surface area (Å²) in [4.78, 5) is 28.2. The third kappa shape index (κ3) is 31.1. The van der Waals surface area contributed by atoms with Gasteiger partial charge in [0.25, 0.3) is 7.82 Å². The molecule has 1 aliphatic heterocycles. The Labute approximate surface area is 534 Å². The van der Waals surface area contributed by atoms with Crippen LogP contribution < -0.4 is 10.00 Å². The number of ether oxygens (including phenoxy) is 2. The first kappa shape index (κ1) is 83.3. The van der Waals surface area contributed by atoms with Gasteiger partial charge in [0, 0.05) is 0 Å². The smallest absolute Gasteiger partial charge is 0.472 e. The van der Waals surface area contributed by atoms with Gasteiger partial charge in [-0.25, -0.2) is 4.57 Å². The van der Waals surface area contributed by atoms with E-state index in [2.05, 4.69) is 18.8 Å². The molecule has 0 spiro atoms. The lowest BCUT2D eigenvalue weighted by Crippen LogP contribution is -2.67. The minimum absolute atomic E-state index is 0.0500. The van der Waals surface area contributed by atoms with Crippen molar-refractivity contribution in [3.05, 3.63) is 0 Å². The number of phosphoric ester groups is 2. The number of aliphatic hydroxyl groups is 14. The van der Waals surface area contributed by atoms with Crippen LogP contribution in [-0.4, -0.2) is 218 Å². The van der Waals surface area contributed by atoms with E-state index in [0.717, 1.165) is 64.2 Å². The fraction of sp³-hybridized carbons (Fsp3) is 0.984. The zero-order valence-electron chi connectivity index (χ0n) is 53.8. The topological polar surface area (TPSA) is 451 Å². The molecule has 15 N–H and O–H groups in total. The zero-order valence-corrected chi connectivity index (χ0v) is 55.5. The van der Waals surface area contributed by atoms with E-state index in [4.69, 9.17) is 27.6 Å². The van der Waals surface area contributed by atoms with Crippen molar-refractivity contribution in [3.8, 4) is 0 Å². The lowest BCUT2D eigenvalue weighted by molar-refractivity contribution is -0.341. The fourth-order valence-electron chi connectivity index (χ4n) is 11.9. The Morgan fingerprint density at radius 2 is 0.789 bits per heavy atom. The Hall–Kier alpha value is -0.950. The van der Waals surface area contributed by atoms with Crippen LogP contribution in [0.2, 0.25) is 0 Å². The van der Waals surface area contributed by atoms with Gasteiger partial charge in [-0.15, -0.1) is 0 Å². The molecule has 2 aliphatic carbocycles. The predicted molar refractivity (Wildman–Crippen MR) is 330 cm³/mol. The molecule has 0 aromatic heterocycles. The molecule has 1 saturated heterocycles. The lowest BCUT2D eigenvalue weighted by Gasteiger charge is -2.48. The summed E-state index contributed by atoms with van der Waals surface area (Å²) in [7, 11) is -11.4. The van der Waals surface area contributed by atoms with Crippen LogP contribution in [0.25, 0.3) is 0 Å². The minimum Gasteiger partial charge on any atom is -0.862 e. The fourth-order valence-corrected chi connectivity index (χ4v) is 13.8. The molecular formula is C62H119NO25P2-2. The highest BCUT2D eigenvalue weighted by Gasteiger charge is 2.56. The van der Waals surface area contributed by atoms with Gasteiger partial charge in [0.05, 0.1) is 19.3 Å². The minimum atomic E-state index is -5.88. The molecule has 28 heteroatoms. The maximum atomic E-state index is 13.7. The van der Waals surface area contributed by atoms with E-state index >= 15 is 0 Å². The summed E-state index contributed by atoms with van der Waals surface area (Å²) in [5.74, 6) is -0.694. The Morgan fingerprint density at radius 1 is 0.444 bits per heavy atom. The molecule has 0 bridgehead atoms. The van der Waals surface area contributed by atoms with Crippen LogP contribution in [0.5, 0.6) is 0 Å². The summed E-state index contributed by atoms with van der Waals surface area (Å²) in [5.41, 5.74) is 0. The van der Waals surface area contributed by atoms with Crippen LogP contribution in [0.3, 0.4) is 0 Å². The third-order valence-electron chi connectivity index (χ3n) is 17.8. The highest BCUT2D eigenvalue weighted by Crippen LogP contribution is 2.48. The number of phosphoric acid groups is 2. The highest BCUT2D eigenvalue weighted by molar-refractivity contribution is 7.47. The summed E-state index contributed by atoms with van der Waals surface area (Å²) in [5, 5.41) is 162. The third-order valence-corrected chi connectivity index (χ3v) is 19.8. The first-order valence-corrected chi connectivity index (χ1v) is 37.2. The first-order valence-electron chi connectivity index (χ1n) is 34.3. The monoisotopic (exact) mass is 1340 g/mol. The standard InChI is InChI=1S/C62H121NO25P2/c1-3-5-7-9-11-13-15-17-18-19-20-21-22-23-24-25-26-27-29-31-33-35-37-39-45(65)63-42(46(66)43(64)38-36-34-32-30-28-16-14-12-10-8-6-4-2)40-83-89(79,80)88-61-57(77)53(73)52(72)56(76)60(61)86-62-58(78)48(68)47(67)44(85-62)41-84-90(81,82)87-59-54(74)50(70)49(69)51(71)55(59)75/h42-44,46-62,64,66-78H,3-41H2,1-2H3,(H,63,65)(H,79,80)(H,81,82)/p-2/t42-,43?,44+,46-,47+,48-,49?,50-,51+,52+,53+,54+,55+,56-,57+,58-,59?,60+,61+,62?/m0/s1. The molecule has 534 valence electrons. The number of unbranched alkanes of at least 4 members (excludes halogenated alkanes) is 33. The second-order valence-electron chi connectivity index (χ2n) is 25.5. The molecule has 1 heterocycles. The van der Waals surface area contributed by atoms with Crippen molar-refractivity contribution in [3.63, 3.8) is 0 Å². The lowest BCUT2D eigenvalue weighted by atomic mass is 9.84. The second-order valence-corrected chi connectivity index (χ2v) is 28.3. The summed E-state index contributed by atoms with van der Waals surface area (Å²) < 4.78 is 57.4. The molecule has 26 nitrogen and oxygen atoms in total. The van der Waals surface area contributed by atoms with Crippen LogP contribution >= 0.6 is 15.6 Å².